The lowest BCUT2D eigenvalue weighted by atomic mass is 10.1. The number of hydrogen-bond acceptors (Lipinski definition) is 7. The lowest BCUT2D eigenvalue weighted by Crippen LogP contribution is -2.53. The predicted octanol–water partition coefficient (Wildman–Crippen LogP) is 5.93. The van der Waals surface area contributed by atoms with E-state index in [4.69, 9.17) is 28.2 Å². The Morgan fingerprint density at radius 2 is 1.75 bits per heavy atom. The number of benzene rings is 1. The Hall–Kier alpha value is -2.75. The van der Waals surface area contributed by atoms with E-state index < -0.39 is 11.6 Å². The van der Waals surface area contributed by atoms with E-state index in [1.165, 1.54) is 18.2 Å². The zero-order chi connectivity index (χ0) is 28.6. The Morgan fingerprint density at radius 3 is 2.40 bits per heavy atom. The quantitative estimate of drug-likeness (QED) is 0.338. The van der Waals surface area contributed by atoms with E-state index in [0.29, 0.717) is 36.2 Å². The maximum Gasteiger partial charge on any atom is 0.228 e. The third-order valence-electron chi connectivity index (χ3n) is 7.75. The molecule has 11 heteroatoms. The van der Waals surface area contributed by atoms with Gasteiger partial charge in [0.1, 0.15) is 17.3 Å². The highest BCUT2D eigenvalue weighted by Crippen LogP contribution is 2.35. The molecule has 2 aliphatic rings. The Labute approximate surface area is 244 Å². The fraction of sp³-hybridized carbons (Fsp3) is 0.483. The average molecular weight is 591 g/mol. The molecule has 0 saturated carbocycles. The second-order valence-electron chi connectivity index (χ2n) is 11.0. The summed E-state index contributed by atoms with van der Waals surface area (Å²) in [4.78, 5) is 22.4. The lowest BCUT2D eigenvalue weighted by Gasteiger charge is -2.41. The first kappa shape index (κ1) is 28.8. The Kier molecular flexibility index (Phi) is 8.63. The van der Waals surface area contributed by atoms with E-state index in [-0.39, 0.29) is 28.6 Å². The molecule has 2 saturated heterocycles. The van der Waals surface area contributed by atoms with Crippen LogP contribution >= 0.6 is 23.2 Å². The fourth-order valence-corrected chi connectivity index (χ4v) is 5.95. The number of likely N-dealkylation sites (N-methyl/N-ethyl adjacent to an activating group) is 1. The van der Waals surface area contributed by atoms with Crippen molar-refractivity contribution in [2.45, 2.75) is 45.2 Å². The van der Waals surface area contributed by atoms with Crippen LogP contribution < -0.4 is 14.7 Å². The van der Waals surface area contributed by atoms with Gasteiger partial charge in [-0.25, -0.2) is 18.7 Å². The lowest BCUT2D eigenvalue weighted by molar-refractivity contribution is 0.413. The molecule has 0 aliphatic carbocycles. The van der Waals surface area contributed by atoms with Crippen molar-refractivity contribution >= 4 is 40.8 Å². The van der Waals surface area contributed by atoms with Gasteiger partial charge < -0.3 is 19.6 Å². The van der Waals surface area contributed by atoms with Crippen LogP contribution in [0.1, 0.15) is 32.3 Å². The zero-order valence-corrected chi connectivity index (χ0v) is 24.9. The van der Waals surface area contributed by atoms with E-state index in [0.717, 1.165) is 43.7 Å². The highest BCUT2D eigenvalue weighted by Gasteiger charge is 2.32. The molecule has 5 rings (SSSR count). The maximum atomic E-state index is 16.2. The van der Waals surface area contributed by atoms with Gasteiger partial charge >= 0.3 is 0 Å². The fourth-order valence-electron chi connectivity index (χ4n) is 5.46. The molecule has 0 N–H and O–H groups in total. The van der Waals surface area contributed by atoms with Crippen LogP contribution in [0.5, 0.6) is 0 Å². The topological polar surface area (TPSA) is 51.6 Å². The first-order chi connectivity index (χ1) is 19.1. The van der Waals surface area contributed by atoms with Crippen molar-refractivity contribution in [2.24, 2.45) is 0 Å². The van der Waals surface area contributed by atoms with E-state index in [2.05, 4.69) is 31.6 Å². The summed E-state index contributed by atoms with van der Waals surface area (Å²) < 4.78 is 30.1. The molecular formula is C29H35Cl2F2N7. The van der Waals surface area contributed by atoms with Gasteiger partial charge in [0.05, 0.1) is 10.0 Å². The minimum atomic E-state index is -0.559. The van der Waals surface area contributed by atoms with Gasteiger partial charge in [-0.15, -0.1) is 0 Å². The van der Waals surface area contributed by atoms with Gasteiger partial charge in [0, 0.05) is 56.6 Å². The predicted molar refractivity (Wildman–Crippen MR) is 159 cm³/mol. The van der Waals surface area contributed by atoms with Gasteiger partial charge in [-0.2, -0.15) is 4.98 Å². The van der Waals surface area contributed by atoms with Gasteiger partial charge in [-0.3, -0.25) is 0 Å². The standard InChI is InChI=1S/C29H35Cl2F2N7/c1-18-6-5-10-40(18)29-35-26(21-7-8-24(32)22(30)15-21)25(33)28(36-29)39-13-12-38(17-19(39)2)27-23(31)14-20(16-34-27)9-11-37(3)4/h7-8,14-16,18-19H,5-6,9-13,17H2,1-4H3/t18-,19-/m1/s1. The van der Waals surface area contributed by atoms with Gasteiger partial charge in [0.25, 0.3) is 0 Å². The molecule has 3 aromatic rings. The van der Waals surface area contributed by atoms with Crippen molar-refractivity contribution < 1.29 is 8.78 Å². The molecule has 40 heavy (non-hydrogen) atoms. The number of anilines is 3. The van der Waals surface area contributed by atoms with Crippen molar-refractivity contribution in [3.63, 3.8) is 0 Å². The molecule has 2 atom stereocenters. The average Bonchev–Trinajstić information content (AvgIpc) is 3.35. The van der Waals surface area contributed by atoms with Crippen molar-refractivity contribution in [3.05, 3.63) is 57.7 Å². The minimum absolute atomic E-state index is 0.0766. The van der Waals surface area contributed by atoms with E-state index in [1.807, 2.05) is 38.2 Å². The van der Waals surface area contributed by atoms with Crippen LogP contribution in [0.3, 0.4) is 0 Å². The second kappa shape index (κ2) is 12.0. The van der Waals surface area contributed by atoms with E-state index in [9.17, 15) is 4.39 Å². The monoisotopic (exact) mass is 589 g/mol. The first-order valence-corrected chi connectivity index (χ1v) is 14.5. The molecule has 0 radical (unpaired) electrons. The van der Waals surface area contributed by atoms with Crippen LogP contribution in [-0.4, -0.2) is 78.8 Å². The Morgan fingerprint density at radius 1 is 0.950 bits per heavy atom. The number of piperazine rings is 1. The zero-order valence-electron chi connectivity index (χ0n) is 23.3. The highest BCUT2D eigenvalue weighted by atomic mass is 35.5. The van der Waals surface area contributed by atoms with Crippen LogP contribution in [0.4, 0.5) is 26.4 Å². The van der Waals surface area contributed by atoms with Crippen molar-refractivity contribution in [1.29, 1.82) is 0 Å². The number of rotatable bonds is 7. The molecule has 2 aromatic heterocycles. The SMILES string of the molecule is C[C@@H]1CCCN1c1nc(-c2ccc(F)c(Cl)c2)c(F)c(N2CCN(c3ncc(CCN(C)C)cc3Cl)C[C@H]2C)n1. The maximum absolute atomic E-state index is 16.2. The van der Waals surface area contributed by atoms with E-state index in [1.54, 1.807) is 0 Å². The highest BCUT2D eigenvalue weighted by molar-refractivity contribution is 6.33. The molecule has 214 valence electrons. The van der Waals surface area contributed by atoms with Crippen LogP contribution in [-0.2, 0) is 6.42 Å². The van der Waals surface area contributed by atoms with Crippen LogP contribution in [0.25, 0.3) is 11.3 Å². The summed E-state index contributed by atoms with van der Waals surface area (Å²) >= 11 is 12.7. The van der Waals surface area contributed by atoms with Gasteiger partial charge in [-0.05, 0) is 77.0 Å². The molecule has 1 aromatic carbocycles. The minimum Gasteiger partial charge on any atom is -0.352 e. The molecule has 7 nitrogen and oxygen atoms in total. The summed E-state index contributed by atoms with van der Waals surface area (Å²) in [5, 5.41) is 0.540. The summed E-state index contributed by atoms with van der Waals surface area (Å²) in [5.74, 6) is 0.351. The Bertz CT molecular complexity index is 1370. The summed E-state index contributed by atoms with van der Waals surface area (Å²) in [6.45, 7) is 7.60. The number of hydrogen-bond donors (Lipinski definition) is 0. The van der Waals surface area contributed by atoms with Crippen LogP contribution in [0.15, 0.2) is 30.5 Å². The largest absolute Gasteiger partial charge is 0.352 e. The number of aromatic nitrogens is 3. The Balaban J connectivity index is 1.44. The number of halogens is 4. The van der Waals surface area contributed by atoms with Crippen molar-refractivity contribution in [3.8, 4) is 11.3 Å². The third-order valence-corrected chi connectivity index (χ3v) is 8.32. The van der Waals surface area contributed by atoms with Crippen molar-refractivity contribution in [2.75, 3.05) is 61.5 Å². The molecule has 4 heterocycles. The number of nitrogens with zero attached hydrogens (tertiary/aromatic N) is 7. The summed E-state index contributed by atoms with van der Waals surface area (Å²) in [6.07, 6.45) is 4.79. The molecular weight excluding hydrogens is 555 g/mol. The molecule has 2 aliphatic heterocycles. The smallest absolute Gasteiger partial charge is 0.228 e. The van der Waals surface area contributed by atoms with Crippen LogP contribution in [0, 0.1) is 11.6 Å². The molecule has 0 amide bonds. The van der Waals surface area contributed by atoms with Gasteiger partial charge in [-0.1, -0.05) is 23.2 Å². The van der Waals surface area contributed by atoms with Gasteiger partial charge in [0.15, 0.2) is 11.6 Å². The summed E-state index contributed by atoms with van der Waals surface area (Å²) in [6, 6.07) is 6.30. The van der Waals surface area contributed by atoms with E-state index >= 15 is 4.39 Å². The van der Waals surface area contributed by atoms with Crippen LogP contribution in [0.2, 0.25) is 10.0 Å². The summed E-state index contributed by atoms with van der Waals surface area (Å²) in [5.41, 5.74) is 1.63. The molecule has 0 spiro atoms. The third kappa shape index (κ3) is 5.97. The number of pyridine rings is 1. The molecule has 0 bridgehead atoms. The van der Waals surface area contributed by atoms with Crippen molar-refractivity contribution in [1.82, 2.24) is 19.9 Å². The second-order valence-corrected chi connectivity index (χ2v) is 11.8. The first-order valence-electron chi connectivity index (χ1n) is 13.7. The van der Waals surface area contributed by atoms with Gasteiger partial charge in [0.2, 0.25) is 5.95 Å². The summed E-state index contributed by atoms with van der Waals surface area (Å²) in [7, 11) is 4.08. The normalized spacial score (nSPS) is 19.7. The molecule has 0 unspecified atom stereocenters. The molecule has 2 fully saturated rings.